The highest BCUT2D eigenvalue weighted by Gasteiger charge is 2.03. The lowest BCUT2D eigenvalue weighted by molar-refractivity contribution is 0.316. The van der Waals surface area contributed by atoms with Crippen LogP contribution in [-0.4, -0.2) is 41.0 Å². The Kier molecular flexibility index (Phi) is 7.02. The van der Waals surface area contributed by atoms with E-state index in [4.69, 9.17) is 12.2 Å². The molecule has 1 heterocycles. The number of hydrogen-bond donors (Lipinski definition) is 2. The van der Waals surface area contributed by atoms with Crippen LogP contribution in [0.3, 0.4) is 0 Å². The van der Waals surface area contributed by atoms with Crippen LogP contribution in [0.5, 0.6) is 0 Å². The molecule has 0 amide bonds. The van der Waals surface area contributed by atoms with Crippen LogP contribution in [0.25, 0.3) is 0 Å². The molecule has 0 saturated heterocycles. The predicted octanol–water partition coefficient (Wildman–Crippen LogP) is 3.09. The Morgan fingerprint density at radius 1 is 1.37 bits per heavy atom. The number of nitrogens with one attached hydrogen (secondary N) is 2. The average molecular weight is 282 g/mol. The number of likely N-dealkylation sites (N-methyl/N-ethyl adjacent to an activating group) is 1. The summed E-state index contributed by atoms with van der Waals surface area (Å²) in [6, 6.07) is 1.89. The molecular weight excluding hydrogens is 256 g/mol. The first kappa shape index (κ1) is 16.1. The average Bonchev–Trinajstić information content (AvgIpc) is 2.33. The van der Waals surface area contributed by atoms with Crippen molar-refractivity contribution in [1.29, 1.82) is 0 Å². The normalized spacial score (nSPS) is 11.3. The quantitative estimate of drug-likeness (QED) is 0.719. The summed E-state index contributed by atoms with van der Waals surface area (Å²) >= 11 is 5.21. The lowest BCUT2D eigenvalue weighted by Gasteiger charge is -2.18. The van der Waals surface area contributed by atoms with E-state index in [-0.39, 0.29) is 0 Å². The van der Waals surface area contributed by atoms with Crippen LogP contribution in [0.2, 0.25) is 0 Å². The third-order valence-corrected chi connectivity index (χ3v) is 3.24. The number of anilines is 1. The van der Waals surface area contributed by atoms with Crippen LogP contribution in [0.15, 0.2) is 6.07 Å². The van der Waals surface area contributed by atoms with Crippen molar-refractivity contribution in [2.75, 3.05) is 31.5 Å². The number of rotatable bonds is 8. The molecule has 0 aliphatic rings. The van der Waals surface area contributed by atoms with Crippen molar-refractivity contribution in [2.45, 2.75) is 34.1 Å². The van der Waals surface area contributed by atoms with Gasteiger partial charge in [0.15, 0.2) is 0 Å². The second-order valence-electron chi connectivity index (χ2n) is 5.13. The summed E-state index contributed by atoms with van der Waals surface area (Å²) in [7, 11) is 0. The Labute approximate surface area is 121 Å². The number of aromatic amines is 1. The fourth-order valence-corrected chi connectivity index (χ4v) is 2.20. The largest absolute Gasteiger partial charge is 0.370 e. The van der Waals surface area contributed by atoms with Crippen molar-refractivity contribution in [1.82, 2.24) is 14.9 Å². The topological polar surface area (TPSA) is 44.0 Å². The molecule has 0 bridgehead atoms. The molecule has 0 radical (unpaired) electrons. The van der Waals surface area contributed by atoms with Gasteiger partial charge in [-0.3, -0.25) is 0 Å². The van der Waals surface area contributed by atoms with Crippen LogP contribution in [0, 0.1) is 10.6 Å². The van der Waals surface area contributed by atoms with Gasteiger partial charge < -0.3 is 15.2 Å². The van der Waals surface area contributed by atoms with Crippen LogP contribution in [0.4, 0.5) is 5.82 Å². The first-order chi connectivity index (χ1) is 9.05. The molecule has 2 N–H and O–H groups in total. The molecule has 0 aromatic carbocycles. The van der Waals surface area contributed by atoms with Crippen molar-refractivity contribution in [3.05, 3.63) is 16.5 Å². The maximum atomic E-state index is 5.21. The van der Waals surface area contributed by atoms with Crippen molar-refractivity contribution < 1.29 is 0 Å². The van der Waals surface area contributed by atoms with Crippen molar-refractivity contribution in [2.24, 2.45) is 5.92 Å². The summed E-state index contributed by atoms with van der Waals surface area (Å²) in [4.78, 5) is 10.1. The van der Waals surface area contributed by atoms with Gasteiger partial charge in [0.2, 0.25) is 0 Å². The summed E-state index contributed by atoms with van der Waals surface area (Å²) in [5.74, 6) is 2.51. The van der Waals surface area contributed by atoms with Crippen molar-refractivity contribution >= 4 is 18.0 Å². The fraction of sp³-hybridized carbons (Fsp3) is 0.714. The summed E-state index contributed by atoms with van der Waals surface area (Å²) in [5, 5.41) is 3.39. The molecule has 1 rings (SSSR count). The molecule has 5 heteroatoms. The standard InChI is InChI=1S/C14H26N4S/c1-5-18(6-2)8-7-15-12-10-14(19)17-13(16-12)9-11(3)4/h10-11H,5-9H2,1-4H3,(H2,15,16,17,19). The zero-order chi connectivity index (χ0) is 14.3. The van der Waals surface area contributed by atoms with E-state index in [1.165, 1.54) is 0 Å². The summed E-state index contributed by atoms with van der Waals surface area (Å²) in [5.41, 5.74) is 0. The molecule has 19 heavy (non-hydrogen) atoms. The third kappa shape index (κ3) is 6.16. The van der Waals surface area contributed by atoms with Crippen LogP contribution in [0.1, 0.15) is 33.5 Å². The second kappa shape index (κ2) is 8.27. The summed E-state index contributed by atoms with van der Waals surface area (Å²) < 4.78 is 0.653. The molecule has 0 spiro atoms. The molecule has 4 nitrogen and oxygen atoms in total. The zero-order valence-electron chi connectivity index (χ0n) is 12.5. The van der Waals surface area contributed by atoms with Gasteiger partial charge in [0.1, 0.15) is 16.3 Å². The monoisotopic (exact) mass is 282 g/mol. The lowest BCUT2D eigenvalue weighted by Crippen LogP contribution is -2.28. The molecule has 0 aliphatic heterocycles. The van der Waals surface area contributed by atoms with E-state index in [0.717, 1.165) is 44.2 Å². The Morgan fingerprint density at radius 2 is 2.05 bits per heavy atom. The Bertz CT molecular complexity index is 424. The molecule has 0 saturated carbocycles. The Hall–Kier alpha value is -0.940. The van der Waals surface area contributed by atoms with E-state index in [1.807, 2.05) is 6.07 Å². The lowest BCUT2D eigenvalue weighted by atomic mass is 10.1. The van der Waals surface area contributed by atoms with Crippen LogP contribution < -0.4 is 5.32 Å². The molecule has 1 aromatic rings. The highest BCUT2D eigenvalue weighted by molar-refractivity contribution is 7.71. The molecule has 1 aromatic heterocycles. The van der Waals surface area contributed by atoms with E-state index >= 15 is 0 Å². The second-order valence-corrected chi connectivity index (χ2v) is 5.55. The first-order valence-electron chi connectivity index (χ1n) is 7.11. The van der Waals surface area contributed by atoms with Crippen molar-refractivity contribution in [3.8, 4) is 0 Å². The highest BCUT2D eigenvalue weighted by Crippen LogP contribution is 2.08. The van der Waals surface area contributed by atoms with Gasteiger partial charge >= 0.3 is 0 Å². The zero-order valence-corrected chi connectivity index (χ0v) is 13.3. The molecule has 108 valence electrons. The van der Waals surface area contributed by atoms with E-state index in [2.05, 4.69) is 47.9 Å². The molecule has 0 fully saturated rings. The molecule has 0 atom stereocenters. The minimum atomic E-state index is 0.573. The maximum Gasteiger partial charge on any atom is 0.131 e. The van der Waals surface area contributed by atoms with E-state index in [1.54, 1.807) is 0 Å². The van der Waals surface area contributed by atoms with Gasteiger partial charge in [-0.2, -0.15) is 0 Å². The Morgan fingerprint density at radius 3 is 2.63 bits per heavy atom. The smallest absolute Gasteiger partial charge is 0.131 e. The molecule has 0 aliphatic carbocycles. The predicted molar refractivity (Wildman–Crippen MR) is 84.2 cm³/mol. The molecule has 0 unspecified atom stereocenters. The molecular formula is C14H26N4S. The van der Waals surface area contributed by atoms with Gasteiger partial charge in [0.25, 0.3) is 0 Å². The van der Waals surface area contributed by atoms with Crippen LogP contribution >= 0.6 is 12.2 Å². The SMILES string of the molecule is CCN(CC)CCNc1cc(=S)nc(CC(C)C)[nH]1. The highest BCUT2D eigenvalue weighted by atomic mass is 32.1. The number of aromatic nitrogens is 2. The van der Waals surface area contributed by atoms with E-state index in [9.17, 15) is 0 Å². The minimum Gasteiger partial charge on any atom is -0.370 e. The maximum absolute atomic E-state index is 5.21. The van der Waals surface area contributed by atoms with Gasteiger partial charge in [0, 0.05) is 25.6 Å². The van der Waals surface area contributed by atoms with Crippen LogP contribution in [-0.2, 0) is 6.42 Å². The first-order valence-corrected chi connectivity index (χ1v) is 7.52. The number of nitrogens with zero attached hydrogens (tertiary/aromatic N) is 2. The number of hydrogen-bond acceptors (Lipinski definition) is 4. The fourth-order valence-electron chi connectivity index (χ4n) is 1.98. The van der Waals surface area contributed by atoms with Gasteiger partial charge in [-0.25, -0.2) is 4.98 Å². The third-order valence-electron chi connectivity index (χ3n) is 3.03. The summed E-state index contributed by atoms with van der Waals surface area (Å²) in [6.07, 6.45) is 0.926. The summed E-state index contributed by atoms with van der Waals surface area (Å²) in [6.45, 7) is 12.9. The van der Waals surface area contributed by atoms with Gasteiger partial charge in [-0.1, -0.05) is 39.9 Å². The van der Waals surface area contributed by atoms with E-state index < -0.39 is 0 Å². The van der Waals surface area contributed by atoms with Gasteiger partial charge in [-0.15, -0.1) is 0 Å². The van der Waals surface area contributed by atoms with Gasteiger partial charge in [0.05, 0.1) is 0 Å². The van der Waals surface area contributed by atoms with Gasteiger partial charge in [-0.05, 0) is 19.0 Å². The van der Waals surface area contributed by atoms with E-state index in [0.29, 0.717) is 10.6 Å². The Balaban J connectivity index is 2.58. The minimum absolute atomic E-state index is 0.573. The number of H-pyrrole nitrogens is 1. The van der Waals surface area contributed by atoms with Crippen molar-refractivity contribution in [3.63, 3.8) is 0 Å².